The monoisotopic (exact) mass is 419 g/mol. The molecule has 1 fully saturated rings. The minimum absolute atomic E-state index is 0.154. The van der Waals surface area contributed by atoms with Crippen LogP contribution in [-0.4, -0.2) is 45.2 Å². The molecule has 1 saturated heterocycles. The number of nitrogens with two attached hydrogens (primary N) is 2. The van der Waals surface area contributed by atoms with Gasteiger partial charge in [-0.2, -0.15) is 0 Å². The quantitative estimate of drug-likeness (QED) is 0.471. The van der Waals surface area contributed by atoms with Crippen molar-refractivity contribution in [2.45, 2.75) is 19.4 Å². The molecular formula is C21H25N9O. The number of nitrogen functional groups attached to an aromatic ring is 1. The van der Waals surface area contributed by atoms with Gasteiger partial charge in [0.05, 0.1) is 11.3 Å². The number of aromatic nitrogens is 4. The predicted molar refractivity (Wildman–Crippen MR) is 120 cm³/mol. The third-order valence-corrected chi connectivity index (χ3v) is 5.33. The molecule has 10 nitrogen and oxygen atoms in total. The van der Waals surface area contributed by atoms with E-state index in [9.17, 15) is 4.79 Å². The number of rotatable bonds is 6. The summed E-state index contributed by atoms with van der Waals surface area (Å²) in [6, 6.07) is 11.1. The standard InChI is InChI=1S/C21H25N9O/c1-13-12-30(20-6-5-17(22)28-29-20)9-7-15(13)26-16-10-19(25-11-14(16)21(23)31)27-18-4-2-3-8-24-18/h2-6,8,10-11,13,15H,7,9,12H2,1H3,(H2,22,28)(H2,23,31)(H2,24,25,26,27)/t13-,15+/m0/s1. The number of anilines is 5. The fourth-order valence-electron chi connectivity index (χ4n) is 3.68. The lowest BCUT2D eigenvalue weighted by atomic mass is 9.93. The Morgan fingerprint density at radius 3 is 2.71 bits per heavy atom. The maximum Gasteiger partial charge on any atom is 0.252 e. The SMILES string of the molecule is C[C@H]1CN(c2ccc(N)nn2)CC[C@H]1Nc1cc(Nc2ccccn2)ncc1C(N)=O. The van der Waals surface area contributed by atoms with Gasteiger partial charge in [-0.25, -0.2) is 9.97 Å². The zero-order valence-corrected chi connectivity index (χ0v) is 17.2. The Bertz CT molecular complexity index is 1040. The minimum Gasteiger partial charge on any atom is -0.382 e. The lowest BCUT2D eigenvalue weighted by Gasteiger charge is -2.38. The number of pyridine rings is 2. The van der Waals surface area contributed by atoms with Crippen molar-refractivity contribution < 1.29 is 4.79 Å². The number of primary amides is 1. The third kappa shape index (κ3) is 4.80. The maximum atomic E-state index is 12.0. The summed E-state index contributed by atoms with van der Waals surface area (Å²) in [5.74, 6) is 2.21. The molecule has 1 aliphatic rings. The number of hydrogen-bond donors (Lipinski definition) is 4. The highest BCUT2D eigenvalue weighted by atomic mass is 16.1. The Kier molecular flexibility index (Phi) is 5.78. The molecule has 0 spiro atoms. The van der Waals surface area contributed by atoms with Crippen molar-refractivity contribution >= 4 is 34.9 Å². The second-order valence-electron chi connectivity index (χ2n) is 7.60. The summed E-state index contributed by atoms with van der Waals surface area (Å²) >= 11 is 0. The fourth-order valence-corrected chi connectivity index (χ4v) is 3.68. The van der Waals surface area contributed by atoms with Crippen LogP contribution in [0.3, 0.4) is 0 Å². The zero-order chi connectivity index (χ0) is 21.8. The summed E-state index contributed by atoms with van der Waals surface area (Å²) < 4.78 is 0. The Morgan fingerprint density at radius 2 is 2.03 bits per heavy atom. The number of carbonyl (C=O) groups excluding carboxylic acids is 1. The smallest absolute Gasteiger partial charge is 0.252 e. The van der Waals surface area contributed by atoms with Gasteiger partial charge in [-0.3, -0.25) is 4.79 Å². The van der Waals surface area contributed by atoms with E-state index < -0.39 is 5.91 Å². The number of nitrogens with zero attached hydrogens (tertiary/aromatic N) is 5. The van der Waals surface area contributed by atoms with Crippen LogP contribution in [0.1, 0.15) is 23.7 Å². The van der Waals surface area contributed by atoms with E-state index in [2.05, 4.69) is 42.6 Å². The molecular weight excluding hydrogens is 394 g/mol. The van der Waals surface area contributed by atoms with E-state index in [1.807, 2.05) is 24.3 Å². The van der Waals surface area contributed by atoms with Crippen LogP contribution in [0.15, 0.2) is 48.8 Å². The van der Waals surface area contributed by atoms with Crippen molar-refractivity contribution in [1.82, 2.24) is 20.2 Å². The lowest BCUT2D eigenvalue weighted by molar-refractivity contribution is 0.100. The third-order valence-electron chi connectivity index (χ3n) is 5.33. The van der Waals surface area contributed by atoms with Crippen molar-refractivity contribution in [1.29, 1.82) is 0 Å². The number of amides is 1. The lowest BCUT2D eigenvalue weighted by Crippen LogP contribution is -2.45. The van der Waals surface area contributed by atoms with E-state index >= 15 is 0 Å². The molecule has 31 heavy (non-hydrogen) atoms. The average molecular weight is 419 g/mol. The summed E-state index contributed by atoms with van der Waals surface area (Å²) in [6.45, 7) is 3.76. The molecule has 1 amide bonds. The first-order valence-electron chi connectivity index (χ1n) is 10.1. The largest absolute Gasteiger partial charge is 0.382 e. The Morgan fingerprint density at radius 1 is 1.16 bits per heavy atom. The Labute approximate surface area is 180 Å². The van der Waals surface area contributed by atoms with Gasteiger partial charge in [0.25, 0.3) is 5.91 Å². The summed E-state index contributed by atoms with van der Waals surface area (Å²) in [5, 5.41) is 14.8. The van der Waals surface area contributed by atoms with Gasteiger partial charge in [0.1, 0.15) is 17.5 Å². The van der Waals surface area contributed by atoms with Crippen LogP contribution in [0.4, 0.5) is 29.0 Å². The molecule has 4 heterocycles. The highest BCUT2D eigenvalue weighted by Crippen LogP contribution is 2.27. The fraction of sp³-hybridized carbons (Fsp3) is 0.286. The average Bonchev–Trinajstić information content (AvgIpc) is 2.76. The molecule has 0 unspecified atom stereocenters. The van der Waals surface area contributed by atoms with Crippen molar-refractivity contribution in [3.05, 3.63) is 54.4 Å². The summed E-state index contributed by atoms with van der Waals surface area (Å²) in [6.07, 6.45) is 4.04. The molecule has 3 aromatic heterocycles. The van der Waals surface area contributed by atoms with E-state index in [0.717, 1.165) is 25.3 Å². The highest BCUT2D eigenvalue weighted by Gasteiger charge is 2.28. The van der Waals surface area contributed by atoms with Crippen LogP contribution in [-0.2, 0) is 0 Å². The molecule has 0 aromatic carbocycles. The minimum atomic E-state index is -0.526. The molecule has 0 saturated carbocycles. The van der Waals surface area contributed by atoms with Crippen molar-refractivity contribution in [3.63, 3.8) is 0 Å². The van der Waals surface area contributed by atoms with Gasteiger partial charge in [-0.05, 0) is 36.6 Å². The van der Waals surface area contributed by atoms with Crippen LogP contribution >= 0.6 is 0 Å². The molecule has 1 aliphatic heterocycles. The van der Waals surface area contributed by atoms with Gasteiger partial charge in [0.2, 0.25) is 0 Å². The van der Waals surface area contributed by atoms with Crippen LogP contribution in [0.25, 0.3) is 0 Å². The first-order valence-corrected chi connectivity index (χ1v) is 10.1. The van der Waals surface area contributed by atoms with Crippen LogP contribution in [0.2, 0.25) is 0 Å². The maximum absolute atomic E-state index is 12.0. The highest BCUT2D eigenvalue weighted by molar-refractivity contribution is 5.98. The normalized spacial score (nSPS) is 18.4. The van der Waals surface area contributed by atoms with Crippen molar-refractivity contribution in [2.75, 3.05) is 34.4 Å². The van der Waals surface area contributed by atoms with Gasteiger partial charge in [0.15, 0.2) is 5.82 Å². The Balaban J connectivity index is 1.49. The molecule has 4 rings (SSSR count). The summed E-state index contributed by atoms with van der Waals surface area (Å²) in [4.78, 5) is 22.7. The molecule has 0 aliphatic carbocycles. The molecule has 0 radical (unpaired) electrons. The zero-order valence-electron chi connectivity index (χ0n) is 17.2. The Hall–Kier alpha value is -3.95. The van der Waals surface area contributed by atoms with E-state index in [1.54, 1.807) is 18.3 Å². The van der Waals surface area contributed by atoms with Crippen molar-refractivity contribution in [2.24, 2.45) is 11.7 Å². The predicted octanol–water partition coefficient (Wildman–Crippen LogP) is 2.02. The summed E-state index contributed by atoms with van der Waals surface area (Å²) in [7, 11) is 0. The van der Waals surface area contributed by atoms with E-state index in [0.29, 0.717) is 28.7 Å². The number of piperidine rings is 1. The van der Waals surface area contributed by atoms with Gasteiger partial charge < -0.3 is 27.0 Å². The van der Waals surface area contributed by atoms with Gasteiger partial charge in [0, 0.05) is 37.6 Å². The van der Waals surface area contributed by atoms with Gasteiger partial charge in [-0.1, -0.05) is 13.0 Å². The first-order chi connectivity index (χ1) is 15.0. The molecule has 3 aromatic rings. The van der Waals surface area contributed by atoms with Crippen LogP contribution < -0.4 is 27.0 Å². The molecule has 160 valence electrons. The number of nitrogens with one attached hydrogen (secondary N) is 2. The van der Waals surface area contributed by atoms with Gasteiger partial charge in [-0.15, -0.1) is 10.2 Å². The van der Waals surface area contributed by atoms with E-state index in [4.69, 9.17) is 11.5 Å². The van der Waals surface area contributed by atoms with E-state index in [1.165, 1.54) is 6.20 Å². The molecule has 0 bridgehead atoms. The number of carbonyl (C=O) groups is 1. The second-order valence-corrected chi connectivity index (χ2v) is 7.60. The second kappa shape index (κ2) is 8.82. The van der Waals surface area contributed by atoms with E-state index in [-0.39, 0.29) is 12.0 Å². The first kappa shape index (κ1) is 20.3. The van der Waals surface area contributed by atoms with Crippen LogP contribution in [0, 0.1) is 5.92 Å². The molecule has 2 atom stereocenters. The molecule has 10 heteroatoms. The summed E-state index contributed by atoms with van der Waals surface area (Å²) in [5.41, 5.74) is 12.2. The number of hydrogen-bond acceptors (Lipinski definition) is 9. The van der Waals surface area contributed by atoms with Gasteiger partial charge >= 0.3 is 0 Å². The topological polar surface area (TPSA) is 148 Å². The van der Waals surface area contributed by atoms with Crippen molar-refractivity contribution in [3.8, 4) is 0 Å². The molecule has 6 N–H and O–H groups in total. The van der Waals surface area contributed by atoms with Crippen LogP contribution in [0.5, 0.6) is 0 Å².